The number of hydrogen-bond donors (Lipinski definition) is 2. The van der Waals surface area contributed by atoms with Gasteiger partial charge >= 0.3 is 6.03 Å². The molecule has 0 aromatic heterocycles. The van der Waals surface area contributed by atoms with Crippen LogP contribution < -0.4 is 10.6 Å². The molecule has 1 heterocycles. The minimum Gasteiger partial charge on any atom is -0.334 e. The predicted octanol–water partition coefficient (Wildman–Crippen LogP) is 2.54. The summed E-state index contributed by atoms with van der Waals surface area (Å²) in [5.41, 5.74) is 0.494. The van der Waals surface area contributed by atoms with Crippen LogP contribution in [0.4, 0.5) is 14.9 Å². The zero-order chi connectivity index (χ0) is 18.3. The van der Waals surface area contributed by atoms with E-state index in [9.17, 15) is 17.6 Å². The molecule has 26 heavy (non-hydrogen) atoms. The van der Waals surface area contributed by atoms with Crippen LogP contribution in [0.3, 0.4) is 0 Å². The summed E-state index contributed by atoms with van der Waals surface area (Å²) in [7, 11) is -3.28. The quantitative estimate of drug-likeness (QED) is 0.841. The smallest absolute Gasteiger partial charge is 0.319 e. The molecule has 1 saturated heterocycles. The van der Waals surface area contributed by atoms with Crippen molar-refractivity contribution < 1.29 is 17.6 Å². The lowest BCUT2D eigenvalue weighted by molar-refractivity contribution is 0.248. The summed E-state index contributed by atoms with van der Waals surface area (Å²) in [5.74, 6) is 0.532. The van der Waals surface area contributed by atoms with Crippen LogP contribution in [-0.2, 0) is 10.0 Å². The SMILES string of the molecule is O=C(Nc1ccc(F)cc1)NC1CCN(S(=O)(=O)C2C[C@@H]3CC[C@H]2C3)C1. The molecule has 142 valence electrons. The van der Waals surface area contributed by atoms with E-state index in [1.165, 1.54) is 30.7 Å². The highest BCUT2D eigenvalue weighted by Crippen LogP contribution is 2.48. The average Bonchev–Trinajstić information content (AvgIpc) is 3.33. The van der Waals surface area contributed by atoms with Crippen LogP contribution in [0.25, 0.3) is 0 Å². The van der Waals surface area contributed by atoms with Gasteiger partial charge in [0.25, 0.3) is 0 Å². The number of sulfonamides is 1. The molecule has 0 radical (unpaired) electrons. The van der Waals surface area contributed by atoms with E-state index >= 15 is 0 Å². The third-order valence-corrected chi connectivity index (χ3v) is 8.40. The number of anilines is 1. The van der Waals surface area contributed by atoms with Gasteiger partial charge in [-0.15, -0.1) is 0 Å². The lowest BCUT2D eigenvalue weighted by atomic mass is 10.0. The van der Waals surface area contributed by atoms with Crippen LogP contribution in [-0.4, -0.2) is 43.1 Å². The molecule has 2 bridgehead atoms. The van der Waals surface area contributed by atoms with Gasteiger partial charge < -0.3 is 10.6 Å². The molecule has 4 rings (SSSR count). The van der Waals surface area contributed by atoms with Crippen molar-refractivity contribution in [2.75, 3.05) is 18.4 Å². The van der Waals surface area contributed by atoms with Crippen LogP contribution in [0.5, 0.6) is 0 Å². The molecular weight excluding hydrogens is 357 g/mol. The molecule has 4 atom stereocenters. The van der Waals surface area contributed by atoms with Gasteiger partial charge in [-0.1, -0.05) is 6.42 Å². The van der Waals surface area contributed by atoms with Crippen molar-refractivity contribution in [3.05, 3.63) is 30.1 Å². The molecule has 2 N–H and O–H groups in total. The Morgan fingerprint density at radius 1 is 1.12 bits per heavy atom. The Labute approximate surface area is 153 Å². The Balaban J connectivity index is 1.32. The molecule has 2 aliphatic carbocycles. The maximum Gasteiger partial charge on any atom is 0.319 e. The fourth-order valence-corrected chi connectivity index (χ4v) is 7.09. The van der Waals surface area contributed by atoms with Crippen molar-refractivity contribution in [2.24, 2.45) is 11.8 Å². The molecule has 2 unspecified atom stereocenters. The van der Waals surface area contributed by atoms with E-state index in [2.05, 4.69) is 10.6 Å². The molecule has 2 amide bonds. The number of carbonyl (C=O) groups is 1. The van der Waals surface area contributed by atoms with Crippen molar-refractivity contribution in [3.8, 4) is 0 Å². The minimum atomic E-state index is -3.28. The fraction of sp³-hybridized carbons (Fsp3) is 0.611. The van der Waals surface area contributed by atoms with Crippen LogP contribution >= 0.6 is 0 Å². The first-order valence-corrected chi connectivity index (χ1v) is 10.7. The maximum absolute atomic E-state index is 12.9. The van der Waals surface area contributed by atoms with E-state index in [1.54, 1.807) is 4.31 Å². The Morgan fingerprint density at radius 3 is 2.54 bits per heavy atom. The molecule has 2 saturated carbocycles. The number of rotatable bonds is 4. The number of hydrogen-bond acceptors (Lipinski definition) is 3. The van der Waals surface area contributed by atoms with Gasteiger partial charge in [0, 0.05) is 24.8 Å². The molecule has 1 aromatic carbocycles. The van der Waals surface area contributed by atoms with E-state index in [1.807, 2.05) is 0 Å². The second-order valence-electron chi connectivity index (χ2n) is 7.71. The summed E-state index contributed by atoms with van der Waals surface area (Å²) < 4.78 is 40.3. The third kappa shape index (κ3) is 3.44. The standard InChI is InChI=1S/C18H24FN3O3S/c19-14-3-5-15(6-4-14)20-18(23)21-16-7-8-22(11-16)26(24,25)17-10-12-1-2-13(17)9-12/h3-6,12-13,16-17H,1-2,7-11H2,(H2,20,21,23)/t12-,13+,16?,17?/m1/s1. The first-order valence-electron chi connectivity index (χ1n) is 9.24. The first-order chi connectivity index (χ1) is 12.4. The number of halogens is 1. The number of nitrogens with zero attached hydrogens (tertiary/aromatic N) is 1. The van der Waals surface area contributed by atoms with E-state index in [-0.39, 0.29) is 17.1 Å². The topological polar surface area (TPSA) is 78.5 Å². The summed E-state index contributed by atoms with van der Waals surface area (Å²) in [5, 5.41) is 5.23. The van der Waals surface area contributed by atoms with Crippen molar-refractivity contribution in [2.45, 2.75) is 43.4 Å². The molecule has 8 heteroatoms. The Bertz CT molecular complexity index is 783. The monoisotopic (exact) mass is 381 g/mol. The van der Waals surface area contributed by atoms with Crippen molar-refractivity contribution in [1.82, 2.24) is 9.62 Å². The normalized spacial score (nSPS) is 31.3. The minimum absolute atomic E-state index is 0.205. The summed E-state index contributed by atoms with van der Waals surface area (Å²) in [6, 6.07) is 4.90. The summed E-state index contributed by atoms with van der Waals surface area (Å²) >= 11 is 0. The van der Waals surface area contributed by atoms with Gasteiger partial charge in [-0.25, -0.2) is 17.6 Å². The summed E-state index contributed by atoms with van der Waals surface area (Å²) in [6.45, 7) is 0.783. The Morgan fingerprint density at radius 2 is 1.88 bits per heavy atom. The molecule has 0 spiro atoms. The van der Waals surface area contributed by atoms with E-state index < -0.39 is 16.1 Å². The highest BCUT2D eigenvalue weighted by molar-refractivity contribution is 7.89. The summed E-state index contributed by atoms with van der Waals surface area (Å²) in [4.78, 5) is 12.1. The molecule has 3 fully saturated rings. The fourth-order valence-electron chi connectivity index (χ4n) is 4.71. The molecule has 1 aliphatic heterocycles. The van der Waals surface area contributed by atoms with Crippen LogP contribution in [0.1, 0.15) is 32.1 Å². The van der Waals surface area contributed by atoms with Gasteiger partial charge in [-0.3, -0.25) is 0 Å². The Hall–Kier alpha value is -1.67. The first kappa shape index (κ1) is 17.7. The average molecular weight is 381 g/mol. The lowest BCUT2D eigenvalue weighted by Crippen LogP contribution is -2.43. The number of benzene rings is 1. The van der Waals surface area contributed by atoms with Crippen LogP contribution in [0.15, 0.2) is 24.3 Å². The van der Waals surface area contributed by atoms with Gasteiger partial charge in [0.1, 0.15) is 5.82 Å². The maximum atomic E-state index is 12.9. The second kappa shape index (κ2) is 6.81. The van der Waals surface area contributed by atoms with Crippen LogP contribution in [0, 0.1) is 17.7 Å². The van der Waals surface area contributed by atoms with Crippen molar-refractivity contribution >= 4 is 21.7 Å². The largest absolute Gasteiger partial charge is 0.334 e. The number of fused-ring (bicyclic) bond motifs is 2. The third-order valence-electron chi connectivity index (χ3n) is 6.00. The number of carbonyl (C=O) groups excluding carboxylic acids is 1. The number of nitrogens with one attached hydrogen (secondary N) is 2. The molecule has 1 aromatic rings. The van der Waals surface area contributed by atoms with E-state index in [4.69, 9.17) is 0 Å². The van der Waals surface area contributed by atoms with E-state index in [0.29, 0.717) is 37.0 Å². The highest BCUT2D eigenvalue weighted by atomic mass is 32.2. The van der Waals surface area contributed by atoms with Crippen molar-refractivity contribution in [3.63, 3.8) is 0 Å². The van der Waals surface area contributed by atoms with Crippen LogP contribution in [0.2, 0.25) is 0 Å². The highest BCUT2D eigenvalue weighted by Gasteiger charge is 2.49. The molecule has 3 aliphatic rings. The van der Waals surface area contributed by atoms with Gasteiger partial charge in [0.2, 0.25) is 10.0 Å². The van der Waals surface area contributed by atoms with Gasteiger partial charge in [-0.2, -0.15) is 4.31 Å². The molecule has 6 nitrogen and oxygen atoms in total. The zero-order valence-corrected chi connectivity index (χ0v) is 15.3. The number of urea groups is 1. The Kier molecular flexibility index (Phi) is 4.64. The van der Waals surface area contributed by atoms with Gasteiger partial charge in [0.05, 0.1) is 5.25 Å². The second-order valence-corrected chi connectivity index (χ2v) is 9.86. The number of amides is 2. The summed E-state index contributed by atoms with van der Waals surface area (Å²) in [6.07, 6.45) is 4.66. The molecular formula is C18H24FN3O3S. The predicted molar refractivity (Wildman–Crippen MR) is 96.7 cm³/mol. The van der Waals surface area contributed by atoms with E-state index in [0.717, 1.165) is 19.3 Å². The van der Waals surface area contributed by atoms with Gasteiger partial charge in [0.15, 0.2) is 0 Å². The van der Waals surface area contributed by atoms with Gasteiger partial charge in [-0.05, 0) is 61.8 Å². The zero-order valence-electron chi connectivity index (χ0n) is 14.5. The van der Waals surface area contributed by atoms with Crippen molar-refractivity contribution in [1.29, 1.82) is 0 Å². The lowest BCUT2D eigenvalue weighted by Gasteiger charge is -2.27.